The number of carbonyl (C=O) groups is 1. The molecule has 0 unspecified atom stereocenters. The highest BCUT2D eigenvalue weighted by Gasteiger charge is 2.35. The van der Waals surface area contributed by atoms with E-state index in [0.717, 1.165) is 17.7 Å². The zero-order valence-electron chi connectivity index (χ0n) is 11.3. The van der Waals surface area contributed by atoms with Crippen LogP contribution in [0.15, 0.2) is 0 Å². The van der Waals surface area contributed by atoms with Gasteiger partial charge < -0.3 is 4.90 Å². The van der Waals surface area contributed by atoms with Crippen LogP contribution < -0.4 is 0 Å². The van der Waals surface area contributed by atoms with Gasteiger partial charge in [-0.05, 0) is 37.1 Å². The Balaban J connectivity index is 2.06. The first-order valence-electron chi connectivity index (χ1n) is 6.40. The molecule has 0 radical (unpaired) electrons. The molecule has 1 saturated carbocycles. The summed E-state index contributed by atoms with van der Waals surface area (Å²) in [5.74, 6) is 0.175. The van der Waals surface area contributed by atoms with Crippen LogP contribution in [-0.2, 0) is 11.3 Å². The van der Waals surface area contributed by atoms with E-state index in [-0.39, 0.29) is 12.5 Å². The molecule has 6 nitrogen and oxygen atoms in total. The molecule has 1 aromatic rings. The first-order valence-corrected chi connectivity index (χ1v) is 6.40. The second-order valence-corrected chi connectivity index (χ2v) is 5.20. The number of hydrogen-bond acceptors (Lipinski definition) is 4. The van der Waals surface area contributed by atoms with E-state index in [1.54, 1.807) is 13.8 Å². The van der Waals surface area contributed by atoms with Crippen LogP contribution in [0.25, 0.3) is 0 Å². The highest BCUT2D eigenvalue weighted by molar-refractivity contribution is 5.76. The van der Waals surface area contributed by atoms with Crippen molar-refractivity contribution in [2.24, 2.45) is 0 Å². The van der Waals surface area contributed by atoms with Crippen molar-refractivity contribution < 1.29 is 18.0 Å². The SMILES string of the molecule is CC(C)N(CC(F)(F)F)C(=O)Cn1nnnc1C1CC1. The molecule has 20 heavy (non-hydrogen) atoms. The van der Waals surface area contributed by atoms with E-state index in [9.17, 15) is 18.0 Å². The maximum absolute atomic E-state index is 12.5. The number of aromatic nitrogens is 4. The van der Waals surface area contributed by atoms with Crippen molar-refractivity contribution in [1.82, 2.24) is 25.1 Å². The van der Waals surface area contributed by atoms with Crippen LogP contribution in [0.5, 0.6) is 0 Å². The molecular weight excluding hydrogens is 275 g/mol. The third kappa shape index (κ3) is 3.67. The van der Waals surface area contributed by atoms with Crippen molar-refractivity contribution in [1.29, 1.82) is 0 Å². The Bertz CT molecular complexity index is 481. The molecule has 1 aliphatic carbocycles. The van der Waals surface area contributed by atoms with Gasteiger partial charge in [-0.2, -0.15) is 13.2 Å². The molecule has 1 aliphatic rings. The summed E-state index contributed by atoms with van der Waals surface area (Å²) in [5.41, 5.74) is 0. The molecule has 0 aromatic carbocycles. The normalized spacial score (nSPS) is 15.7. The average molecular weight is 291 g/mol. The molecule has 0 bridgehead atoms. The van der Waals surface area contributed by atoms with Crippen LogP contribution >= 0.6 is 0 Å². The predicted octanol–water partition coefficient (Wildman–Crippen LogP) is 1.35. The lowest BCUT2D eigenvalue weighted by Gasteiger charge is -2.27. The first-order chi connectivity index (χ1) is 9.28. The van der Waals surface area contributed by atoms with Gasteiger partial charge in [0.25, 0.3) is 0 Å². The highest BCUT2D eigenvalue weighted by atomic mass is 19.4. The van der Waals surface area contributed by atoms with Gasteiger partial charge in [-0.1, -0.05) is 0 Å². The van der Waals surface area contributed by atoms with Gasteiger partial charge in [0.15, 0.2) is 5.82 Å². The van der Waals surface area contributed by atoms with Crippen molar-refractivity contribution in [2.75, 3.05) is 6.54 Å². The van der Waals surface area contributed by atoms with E-state index in [0.29, 0.717) is 5.82 Å². The minimum atomic E-state index is -4.42. The lowest BCUT2D eigenvalue weighted by molar-refractivity contribution is -0.165. The van der Waals surface area contributed by atoms with Gasteiger partial charge in [0.2, 0.25) is 5.91 Å². The van der Waals surface area contributed by atoms with Crippen LogP contribution in [0.2, 0.25) is 0 Å². The zero-order chi connectivity index (χ0) is 14.9. The minimum absolute atomic E-state index is 0.230. The Kier molecular flexibility index (Phi) is 3.96. The Morgan fingerprint density at radius 1 is 1.45 bits per heavy atom. The maximum atomic E-state index is 12.5. The molecule has 9 heteroatoms. The van der Waals surface area contributed by atoms with Crippen molar-refractivity contribution in [3.05, 3.63) is 5.82 Å². The van der Waals surface area contributed by atoms with Crippen molar-refractivity contribution >= 4 is 5.91 Å². The fourth-order valence-electron chi connectivity index (χ4n) is 1.93. The summed E-state index contributed by atoms with van der Waals surface area (Å²) in [5, 5.41) is 11.0. The fourth-order valence-corrected chi connectivity index (χ4v) is 1.93. The number of halogens is 3. The molecule has 0 N–H and O–H groups in total. The van der Waals surface area contributed by atoms with Crippen molar-refractivity contribution in [2.45, 2.75) is 51.4 Å². The van der Waals surface area contributed by atoms with Crippen molar-refractivity contribution in [3.8, 4) is 0 Å². The third-order valence-electron chi connectivity index (χ3n) is 3.08. The van der Waals surface area contributed by atoms with Gasteiger partial charge in [-0.25, -0.2) is 4.68 Å². The molecule has 1 amide bonds. The van der Waals surface area contributed by atoms with Gasteiger partial charge in [-0.15, -0.1) is 5.10 Å². The predicted molar refractivity (Wildman–Crippen MR) is 62.7 cm³/mol. The first kappa shape index (κ1) is 14.7. The Morgan fingerprint density at radius 2 is 2.10 bits per heavy atom. The van der Waals surface area contributed by atoms with E-state index < -0.39 is 24.7 Å². The largest absolute Gasteiger partial charge is 0.406 e. The quantitative estimate of drug-likeness (QED) is 0.821. The van der Waals surface area contributed by atoms with Crippen LogP contribution in [0.4, 0.5) is 13.2 Å². The average Bonchev–Trinajstić information content (AvgIpc) is 3.06. The molecule has 112 valence electrons. The van der Waals surface area contributed by atoms with Gasteiger partial charge >= 0.3 is 6.18 Å². The number of tetrazole rings is 1. The molecule has 1 aromatic heterocycles. The van der Waals surface area contributed by atoms with Crippen LogP contribution in [0.1, 0.15) is 38.4 Å². The monoisotopic (exact) mass is 291 g/mol. The number of nitrogens with zero attached hydrogens (tertiary/aromatic N) is 5. The minimum Gasteiger partial charge on any atom is -0.330 e. The Morgan fingerprint density at radius 3 is 2.60 bits per heavy atom. The molecule has 1 fully saturated rings. The summed E-state index contributed by atoms with van der Waals surface area (Å²) in [7, 11) is 0. The van der Waals surface area contributed by atoms with E-state index in [1.807, 2.05) is 0 Å². The zero-order valence-corrected chi connectivity index (χ0v) is 11.3. The van der Waals surface area contributed by atoms with Gasteiger partial charge in [0, 0.05) is 12.0 Å². The molecular formula is C11H16F3N5O. The molecule has 2 rings (SSSR count). The Labute approximate surface area is 113 Å². The smallest absolute Gasteiger partial charge is 0.330 e. The van der Waals surface area contributed by atoms with Gasteiger partial charge in [0.1, 0.15) is 13.1 Å². The highest BCUT2D eigenvalue weighted by Crippen LogP contribution is 2.38. The number of alkyl halides is 3. The third-order valence-corrected chi connectivity index (χ3v) is 3.08. The fraction of sp³-hybridized carbons (Fsp3) is 0.818. The standard InChI is InChI=1S/C11H16F3N5O/c1-7(2)18(6-11(12,13)14)9(20)5-19-10(8-3-4-8)15-16-17-19/h7-8H,3-6H2,1-2H3. The summed E-state index contributed by atoms with van der Waals surface area (Å²) < 4.78 is 38.7. The van der Waals surface area contributed by atoms with Gasteiger partial charge in [-0.3, -0.25) is 4.79 Å². The van der Waals surface area contributed by atoms with Crippen LogP contribution in [-0.4, -0.2) is 49.8 Å². The summed E-state index contributed by atoms with van der Waals surface area (Å²) in [6.07, 6.45) is -2.52. The van der Waals surface area contributed by atoms with E-state index >= 15 is 0 Å². The Hall–Kier alpha value is -1.67. The van der Waals surface area contributed by atoms with Crippen LogP contribution in [0.3, 0.4) is 0 Å². The second kappa shape index (κ2) is 5.37. The van der Waals surface area contributed by atoms with Crippen molar-refractivity contribution in [3.63, 3.8) is 0 Å². The van der Waals surface area contributed by atoms with E-state index in [2.05, 4.69) is 15.5 Å². The number of carbonyl (C=O) groups excluding carboxylic acids is 1. The van der Waals surface area contributed by atoms with Gasteiger partial charge in [0.05, 0.1) is 0 Å². The summed E-state index contributed by atoms with van der Waals surface area (Å²) >= 11 is 0. The lowest BCUT2D eigenvalue weighted by Crippen LogP contribution is -2.45. The topological polar surface area (TPSA) is 63.9 Å². The summed E-state index contributed by atoms with van der Waals surface area (Å²) in [6.45, 7) is 1.58. The molecule has 0 saturated heterocycles. The molecule has 1 heterocycles. The lowest BCUT2D eigenvalue weighted by atomic mass is 10.3. The summed E-state index contributed by atoms with van der Waals surface area (Å²) in [6, 6.07) is -0.537. The molecule has 0 spiro atoms. The van der Waals surface area contributed by atoms with E-state index in [4.69, 9.17) is 0 Å². The molecule has 0 atom stereocenters. The maximum Gasteiger partial charge on any atom is 0.406 e. The summed E-state index contributed by atoms with van der Waals surface area (Å²) in [4.78, 5) is 12.8. The number of hydrogen-bond donors (Lipinski definition) is 0. The van der Waals surface area contributed by atoms with E-state index in [1.165, 1.54) is 4.68 Å². The number of rotatable bonds is 5. The molecule has 0 aliphatic heterocycles. The number of amides is 1. The van der Waals surface area contributed by atoms with Crippen LogP contribution in [0, 0.1) is 0 Å². The second-order valence-electron chi connectivity index (χ2n) is 5.20.